The summed E-state index contributed by atoms with van der Waals surface area (Å²) in [7, 11) is 2.00. The third-order valence-corrected chi connectivity index (χ3v) is 5.26. The maximum atomic E-state index is 12.6. The summed E-state index contributed by atoms with van der Waals surface area (Å²) in [6.07, 6.45) is 0. The summed E-state index contributed by atoms with van der Waals surface area (Å²) >= 11 is 1.46. The molecule has 0 radical (unpaired) electrons. The second-order valence-corrected chi connectivity index (χ2v) is 7.70. The van der Waals surface area contributed by atoms with E-state index >= 15 is 0 Å². The molecule has 0 aromatic carbocycles. The third kappa shape index (κ3) is 3.80. The first kappa shape index (κ1) is 17.8. The van der Waals surface area contributed by atoms with Crippen LogP contribution in [0, 0.1) is 6.92 Å². The van der Waals surface area contributed by atoms with Gasteiger partial charge in [0.05, 0.1) is 17.2 Å². The molecule has 1 aliphatic rings. The molecule has 3 rings (SSSR count). The maximum Gasteiger partial charge on any atom is 0.273 e. The summed E-state index contributed by atoms with van der Waals surface area (Å²) in [5.74, 6) is 0.542. The van der Waals surface area contributed by atoms with Crippen LogP contribution in [0.5, 0.6) is 0 Å². The zero-order chi connectivity index (χ0) is 18.1. The number of hydrogen-bond donors (Lipinski definition) is 0. The summed E-state index contributed by atoms with van der Waals surface area (Å²) < 4.78 is 1.66. The van der Waals surface area contributed by atoms with Gasteiger partial charge in [0.15, 0.2) is 0 Å². The standard InChI is InChI=1S/C17H23N5O2S/c1-11(2)20(4)8-13-7-16(23)22-6-5-21(9-15(22)19-13)17(24)14-10-25-12(3)18-14/h7,10-11H,5-6,8-9H2,1-4H3. The number of amides is 1. The second-order valence-electron chi connectivity index (χ2n) is 6.64. The Kier molecular flexibility index (Phi) is 5.01. The van der Waals surface area contributed by atoms with E-state index in [-0.39, 0.29) is 11.5 Å². The lowest BCUT2D eigenvalue weighted by Crippen LogP contribution is -2.43. The van der Waals surface area contributed by atoms with Crippen LogP contribution in [0.15, 0.2) is 16.2 Å². The van der Waals surface area contributed by atoms with Gasteiger partial charge in [0, 0.05) is 37.1 Å². The Morgan fingerprint density at radius 1 is 1.36 bits per heavy atom. The van der Waals surface area contributed by atoms with E-state index in [2.05, 4.69) is 28.7 Å². The Bertz CT molecular complexity index is 842. The van der Waals surface area contributed by atoms with Gasteiger partial charge in [-0.1, -0.05) is 0 Å². The van der Waals surface area contributed by atoms with E-state index in [1.165, 1.54) is 11.3 Å². The number of rotatable bonds is 4. The van der Waals surface area contributed by atoms with E-state index in [0.717, 1.165) is 10.7 Å². The van der Waals surface area contributed by atoms with Gasteiger partial charge in [0.2, 0.25) is 0 Å². The molecule has 1 aliphatic heterocycles. The van der Waals surface area contributed by atoms with Crippen molar-refractivity contribution >= 4 is 17.2 Å². The highest BCUT2D eigenvalue weighted by molar-refractivity contribution is 7.09. The summed E-state index contributed by atoms with van der Waals surface area (Å²) in [4.78, 5) is 37.7. The normalized spacial score (nSPS) is 14.2. The van der Waals surface area contributed by atoms with Crippen LogP contribution in [0.1, 0.15) is 40.9 Å². The summed E-state index contributed by atoms with van der Waals surface area (Å²) in [5.41, 5.74) is 1.16. The average Bonchev–Trinajstić information content (AvgIpc) is 3.00. The topological polar surface area (TPSA) is 71.3 Å². The Hall–Kier alpha value is -2.06. The molecule has 2 aromatic rings. The maximum absolute atomic E-state index is 12.6. The highest BCUT2D eigenvalue weighted by atomic mass is 32.1. The Labute approximate surface area is 150 Å². The minimum absolute atomic E-state index is 0.0474. The lowest BCUT2D eigenvalue weighted by molar-refractivity contribution is 0.0697. The molecule has 25 heavy (non-hydrogen) atoms. The van der Waals surface area contributed by atoms with E-state index in [1.807, 2.05) is 14.0 Å². The summed E-state index contributed by atoms with van der Waals surface area (Å²) in [6, 6.07) is 1.97. The molecule has 0 unspecified atom stereocenters. The number of carbonyl (C=O) groups is 1. The molecule has 0 spiro atoms. The van der Waals surface area contributed by atoms with Gasteiger partial charge in [-0.25, -0.2) is 9.97 Å². The van der Waals surface area contributed by atoms with Crippen molar-refractivity contribution in [3.8, 4) is 0 Å². The summed E-state index contributed by atoms with van der Waals surface area (Å²) in [5, 5.41) is 2.65. The number of thiazole rings is 1. The third-order valence-electron chi connectivity index (χ3n) is 4.48. The fourth-order valence-electron chi connectivity index (χ4n) is 2.75. The zero-order valence-corrected chi connectivity index (χ0v) is 15.8. The minimum Gasteiger partial charge on any atom is -0.328 e. The molecule has 0 saturated carbocycles. The predicted octanol–water partition coefficient (Wildman–Crippen LogP) is 1.50. The van der Waals surface area contributed by atoms with Crippen LogP contribution >= 0.6 is 11.3 Å². The Morgan fingerprint density at radius 3 is 2.76 bits per heavy atom. The fraction of sp³-hybridized carbons (Fsp3) is 0.529. The van der Waals surface area contributed by atoms with E-state index in [9.17, 15) is 9.59 Å². The molecular weight excluding hydrogens is 338 g/mol. The largest absolute Gasteiger partial charge is 0.328 e. The van der Waals surface area contributed by atoms with Crippen molar-refractivity contribution in [3.63, 3.8) is 0 Å². The van der Waals surface area contributed by atoms with Crippen molar-refractivity contribution < 1.29 is 4.79 Å². The van der Waals surface area contributed by atoms with Gasteiger partial charge in [-0.3, -0.25) is 19.1 Å². The number of nitrogens with zero attached hydrogens (tertiary/aromatic N) is 5. The van der Waals surface area contributed by atoms with Crippen LogP contribution in [-0.2, 0) is 19.6 Å². The molecule has 1 amide bonds. The van der Waals surface area contributed by atoms with E-state index < -0.39 is 0 Å². The highest BCUT2D eigenvalue weighted by Gasteiger charge is 2.25. The van der Waals surface area contributed by atoms with Crippen molar-refractivity contribution in [3.05, 3.63) is 44.0 Å². The van der Waals surface area contributed by atoms with Gasteiger partial charge in [-0.15, -0.1) is 11.3 Å². The van der Waals surface area contributed by atoms with Crippen molar-refractivity contribution in [2.45, 2.75) is 46.4 Å². The predicted molar refractivity (Wildman–Crippen MR) is 96.7 cm³/mol. The summed E-state index contributed by atoms with van der Waals surface area (Å²) in [6.45, 7) is 7.99. The Morgan fingerprint density at radius 2 is 2.12 bits per heavy atom. The van der Waals surface area contributed by atoms with Gasteiger partial charge < -0.3 is 4.90 Å². The van der Waals surface area contributed by atoms with Gasteiger partial charge in [0.25, 0.3) is 11.5 Å². The molecule has 0 aliphatic carbocycles. The van der Waals surface area contributed by atoms with Crippen LogP contribution in [0.4, 0.5) is 0 Å². The number of aryl methyl sites for hydroxylation is 1. The molecular formula is C17H23N5O2S. The number of carbonyl (C=O) groups excluding carboxylic acids is 1. The Balaban J connectivity index is 1.83. The second kappa shape index (κ2) is 7.05. The number of aromatic nitrogens is 3. The lowest BCUT2D eigenvalue weighted by atomic mass is 10.2. The molecule has 2 aromatic heterocycles. The van der Waals surface area contributed by atoms with E-state index in [4.69, 9.17) is 0 Å². The van der Waals surface area contributed by atoms with Crippen molar-refractivity contribution in [1.29, 1.82) is 0 Å². The van der Waals surface area contributed by atoms with E-state index in [0.29, 0.717) is 43.7 Å². The van der Waals surface area contributed by atoms with Gasteiger partial charge in [-0.05, 0) is 27.8 Å². The van der Waals surface area contributed by atoms with Gasteiger partial charge >= 0.3 is 0 Å². The molecule has 8 heteroatoms. The smallest absolute Gasteiger partial charge is 0.273 e. The first-order valence-corrected chi connectivity index (χ1v) is 9.24. The van der Waals surface area contributed by atoms with Crippen molar-refractivity contribution in [2.24, 2.45) is 0 Å². The first-order valence-electron chi connectivity index (χ1n) is 8.36. The van der Waals surface area contributed by atoms with Crippen LogP contribution in [0.25, 0.3) is 0 Å². The zero-order valence-electron chi connectivity index (χ0n) is 15.0. The monoisotopic (exact) mass is 361 g/mol. The van der Waals surface area contributed by atoms with Crippen LogP contribution in [0.3, 0.4) is 0 Å². The SMILES string of the molecule is Cc1nc(C(=O)N2CCn3c(nc(CN(C)C(C)C)cc3=O)C2)cs1. The highest BCUT2D eigenvalue weighted by Crippen LogP contribution is 2.15. The molecule has 0 fully saturated rings. The molecule has 0 N–H and O–H groups in total. The van der Waals surface area contributed by atoms with Crippen LogP contribution < -0.4 is 5.56 Å². The van der Waals surface area contributed by atoms with Gasteiger partial charge in [0.1, 0.15) is 11.5 Å². The van der Waals surface area contributed by atoms with Crippen LogP contribution in [-0.4, -0.2) is 49.9 Å². The van der Waals surface area contributed by atoms with Gasteiger partial charge in [-0.2, -0.15) is 0 Å². The molecule has 3 heterocycles. The molecule has 134 valence electrons. The van der Waals surface area contributed by atoms with Crippen molar-refractivity contribution in [1.82, 2.24) is 24.3 Å². The number of fused-ring (bicyclic) bond motifs is 1. The fourth-order valence-corrected chi connectivity index (χ4v) is 3.34. The molecule has 0 bridgehead atoms. The first-order chi connectivity index (χ1) is 11.8. The molecule has 0 saturated heterocycles. The lowest BCUT2D eigenvalue weighted by Gasteiger charge is -2.29. The molecule has 0 atom stereocenters. The number of hydrogen-bond acceptors (Lipinski definition) is 6. The van der Waals surface area contributed by atoms with Crippen LogP contribution in [0.2, 0.25) is 0 Å². The molecule has 7 nitrogen and oxygen atoms in total. The average molecular weight is 361 g/mol. The van der Waals surface area contributed by atoms with E-state index in [1.54, 1.807) is 20.9 Å². The quantitative estimate of drug-likeness (QED) is 0.825. The minimum atomic E-state index is -0.102. The van der Waals surface area contributed by atoms with Crippen molar-refractivity contribution in [2.75, 3.05) is 13.6 Å².